The molecule has 1 aromatic heterocycles. The minimum atomic E-state index is -0.184. The maximum atomic E-state index is 12.2. The van der Waals surface area contributed by atoms with E-state index in [2.05, 4.69) is 15.5 Å². The van der Waals surface area contributed by atoms with Gasteiger partial charge in [-0.05, 0) is 18.6 Å². The third-order valence-electron chi connectivity index (χ3n) is 2.87. The van der Waals surface area contributed by atoms with Gasteiger partial charge in [0.15, 0.2) is 6.61 Å². The summed E-state index contributed by atoms with van der Waals surface area (Å²) in [7, 11) is 1.63. The maximum absolute atomic E-state index is 12.2. The highest BCUT2D eigenvalue weighted by molar-refractivity contribution is 5.96. The molecule has 7 heteroatoms. The number of hydrogen-bond donors (Lipinski definition) is 1. The van der Waals surface area contributed by atoms with Gasteiger partial charge in [0.05, 0.1) is 5.56 Å². The van der Waals surface area contributed by atoms with Crippen molar-refractivity contribution in [1.29, 1.82) is 0 Å². The van der Waals surface area contributed by atoms with Crippen molar-refractivity contribution in [1.82, 2.24) is 15.5 Å². The first kappa shape index (κ1) is 16.0. The van der Waals surface area contributed by atoms with Crippen LogP contribution < -0.4 is 10.1 Å². The largest absolute Gasteiger partial charge is 0.485 e. The predicted molar refractivity (Wildman–Crippen MR) is 78.6 cm³/mol. The van der Waals surface area contributed by atoms with Crippen molar-refractivity contribution in [2.75, 3.05) is 20.3 Å². The molecule has 0 fully saturated rings. The summed E-state index contributed by atoms with van der Waals surface area (Å²) in [6.45, 7) is 3.00. The molecule has 2 aromatic rings. The lowest BCUT2D eigenvalue weighted by Crippen LogP contribution is -2.25. The van der Waals surface area contributed by atoms with Crippen LogP contribution in [-0.2, 0) is 11.3 Å². The van der Waals surface area contributed by atoms with Gasteiger partial charge in [-0.2, -0.15) is 4.98 Å². The Bertz CT molecular complexity index is 612. The molecule has 0 unspecified atom stereocenters. The average molecular weight is 305 g/mol. The minimum Gasteiger partial charge on any atom is -0.485 e. The van der Waals surface area contributed by atoms with Gasteiger partial charge in [0, 0.05) is 27.2 Å². The fourth-order valence-electron chi connectivity index (χ4n) is 1.84. The Morgan fingerprint density at radius 1 is 1.36 bits per heavy atom. The van der Waals surface area contributed by atoms with Gasteiger partial charge in [0.2, 0.25) is 11.7 Å². The number of nitrogens with zero attached hydrogens (tertiary/aromatic N) is 2. The van der Waals surface area contributed by atoms with Crippen molar-refractivity contribution in [3.05, 3.63) is 41.5 Å². The zero-order chi connectivity index (χ0) is 15.8. The van der Waals surface area contributed by atoms with Gasteiger partial charge in [-0.1, -0.05) is 17.3 Å². The molecule has 0 radical (unpaired) electrons. The molecule has 1 heterocycles. The number of carbonyl (C=O) groups excluding carboxylic acids is 1. The first-order valence-corrected chi connectivity index (χ1v) is 6.99. The highest BCUT2D eigenvalue weighted by atomic mass is 16.5. The first-order chi connectivity index (χ1) is 10.7. The second-order valence-corrected chi connectivity index (χ2v) is 4.62. The van der Waals surface area contributed by atoms with Gasteiger partial charge in [-0.15, -0.1) is 0 Å². The molecule has 1 aromatic carbocycles. The third kappa shape index (κ3) is 4.56. The lowest BCUT2D eigenvalue weighted by Gasteiger charge is -2.10. The van der Waals surface area contributed by atoms with E-state index >= 15 is 0 Å². The van der Waals surface area contributed by atoms with Gasteiger partial charge in [-0.3, -0.25) is 4.79 Å². The van der Waals surface area contributed by atoms with Gasteiger partial charge in [-0.25, -0.2) is 0 Å². The molecule has 0 aliphatic carbocycles. The maximum Gasteiger partial charge on any atom is 0.255 e. The fraction of sp³-hybridized carbons (Fsp3) is 0.400. The summed E-state index contributed by atoms with van der Waals surface area (Å²) < 4.78 is 15.4. The number of ether oxygens (including phenoxy) is 2. The van der Waals surface area contributed by atoms with Gasteiger partial charge < -0.3 is 19.3 Å². The van der Waals surface area contributed by atoms with Crippen LogP contribution in [0.5, 0.6) is 5.75 Å². The molecular formula is C15H19N3O4. The van der Waals surface area contributed by atoms with Crippen LogP contribution >= 0.6 is 0 Å². The molecule has 0 spiro atoms. The summed E-state index contributed by atoms with van der Waals surface area (Å²) in [6.07, 6.45) is 0.757. The number of methoxy groups -OCH3 is 1. The number of rotatable bonds is 8. The number of hydrogen-bond acceptors (Lipinski definition) is 6. The molecule has 2 rings (SSSR count). The van der Waals surface area contributed by atoms with Gasteiger partial charge in [0.1, 0.15) is 5.75 Å². The highest BCUT2D eigenvalue weighted by Crippen LogP contribution is 2.18. The van der Waals surface area contributed by atoms with E-state index in [9.17, 15) is 4.79 Å². The fourth-order valence-corrected chi connectivity index (χ4v) is 1.84. The molecule has 0 atom stereocenters. The van der Waals surface area contributed by atoms with Crippen LogP contribution in [0.25, 0.3) is 0 Å². The number of carbonyl (C=O) groups is 1. The third-order valence-corrected chi connectivity index (χ3v) is 2.87. The Morgan fingerprint density at radius 3 is 2.91 bits per heavy atom. The Kier molecular flexibility index (Phi) is 5.91. The Morgan fingerprint density at radius 2 is 2.18 bits per heavy atom. The molecule has 7 nitrogen and oxygen atoms in total. The molecule has 0 saturated heterocycles. The van der Waals surface area contributed by atoms with Crippen molar-refractivity contribution in [3.63, 3.8) is 0 Å². The topological polar surface area (TPSA) is 86.5 Å². The van der Waals surface area contributed by atoms with Crippen LogP contribution in [-0.4, -0.2) is 36.3 Å². The van der Waals surface area contributed by atoms with Crippen LogP contribution in [0.3, 0.4) is 0 Å². The molecule has 0 aliphatic rings. The highest BCUT2D eigenvalue weighted by Gasteiger charge is 2.12. The van der Waals surface area contributed by atoms with Crippen molar-refractivity contribution in [3.8, 4) is 5.75 Å². The smallest absolute Gasteiger partial charge is 0.255 e. The molecule has 0 bridgehead atoms. The van der Waals surface area contributed by atoms with Crippen LogP contribution in [0.4, 0.5) is 0 Å². The molecule has 0 saturated carbocycles. The Balaban J connectivity index is 1.95. The Labute approximate surface area is 128 Å². The average Bonchev–Trinajstić information content (AvgIpc) is 2.95. The molecule has 22 heavy (non-hydrogen) atoms. The van der Waals surface area contributed by atoms with Crippen molar-refractivity contribution in [2.24, 2.45) is 0 Å². The van der Waals surface area contributed by atoms with E-state index in [1.807, 2.05) is 0 Å². The van der Waals surface area contributed by atoms with Crippen molar-refractivity contribution >= 4 is 5.91 Å². The number of aromatic nitrogens is 2. The zero-order valence-corrected chi connectivity index (χ0v) is 12.7. The summed E-state index contributed by atoms with van der Waals surface area (Å²) in [5.41, 5.74) is 0.472. The van der Waals surface area contributed by atoms with Crippen LogP contribution in [0.15, 0.2) is 28.8 Å². The summed E-state index contributed by atoms with van der Waals surface area (Å²) in [5.74, 6) is 1.21. The number of benzene rings is 1. The molecular weight excluding hydrogens is 286 g/mol. The van der Waals surface area contributed by atoms with E-state index in [0.29, 0.717) is 36.2 Å². The summed E-state index contributed by atoms with van der Waals surface area (Å²) in [4.78, 5) is 16.2. The summed E-state index contributed by atoms with van der Waals surface area (Å²) in [5, 5.41) is 6.58. The van der Waals surface area contributed by atoms with Gasteiger partial charge >= 0.3 is 0 Å². The van der Waals surface area contributed by atoms with E-state index in [1.165, 1.54) is 0 Å². The van der Waals surface area contributed by atoms with Crippen molar-refractivity contribution in [2.45, 2.75) is 20.0 Å². The second kappa shape index (κ2) is 8.14. The number of aryl methyl sites for hydroxylation is 1. The van der Waals surface area contributed by atoms with E-state index < -0.39 is 0 Å². The van der Waals surface area contributed by atoms with Crippen LogP contribution in [0, 0.1) is 6.92 Å². The van der Waals surface area contributed by atoms with Crippen LogP contribution in [0.1, 0.15) is 28.5 Å². The molecule has 1 N–H and O–H groups in total. The summed E-state index contributed by atoms with van der Waals surface area (Å²) in [6, 6.07) is 7.04. The second-order valence-electron chi connectivity index (χ2n) is 4.62. The monoisotopic (exact) mass is 305 g/mol. The normalized spacial score (nSPS) is 10.5. The SMILES string of the molecule is COCCCNC(=O)c1ccccc1OCc1noc(C)n1. The molecule has 0 aliphatic heterocycles. The minimum absolute atomic E-state index is 0.144. The number of amides is 1. The van der Waals surface area contributed by atoms with Crippen molar-refractivity contribution < 1.29 is 18.8 Å². The Hall–Kier alpha value is -2.41. The molecule has 118 valence electrons. The lowest BCUT2D eigenvalue weighted by atomic mass is 10.2. The lowest BCUT2D eigenvalue weighted by molar-refractivity contribution is 0.0944. The standard InChI is InChI=1S/C15H19N3O4/c1-11-17-14(18-22-11)10-21-13-7-4-3-6-12(13)15(19)16-8-5-9-20-2/h3-4,6-7H,5,8-10H2,1-2H3,(H,16,19). The predicted octanol–water partition coefficient (Wildman–Crippen LogP) is 1.72. The van der Waals surface area contributed by atoms with E-state index in [1.54, 1.807) is 38.3 Å². The molecule has 1 amide bonds. The number of para-hydroxylation sites is 1. The quantitative estimate of drug-likeness (QED) is 0.747. The zero-order valence-electron chi connectivity index (χ0n) is 12.7. The first-order valence-electron chi connectivity index (χ1n) is 6.99. The van der Waals surface area contributed by atoms with Gasteiger partial charge in [0.25, 0.3) is 5.91 Å². The van der Waals surface area contributed by atoms with E-state index in [4.69, 9.17) is 14.0 Å². The van der Waals surface area contributed by atoms with E-state index in [-0.39, 0.29) is 12.5 Å². The van der Waals surface area contributed by atoms with E-state index in [0.717, 1.165) is 6.42 Å². The summed E-state index contributed by atoms with van der Waals surface area (Å²) >= 11 is 0. The van der Waals surface area contributed by atoms with Crippen LogP contribution in [0.2, 0.25) is 0 Å². The number of nitrogens with one attached hydrogen (secondary N) is 1.